The van der Waals surface area contributed by atoms with Crippen LogP contribution >= 0.6 is 0 Å². The molecule has 0 saturated heterocycles. The maximum Gasteiger partial charge on any atom is 0.256 e. The van der Waals surface area contributed by atoms with E-state index in [9.17, 15) is 4.79 Å². The Morgan fingerprint density at radius 1 is 1.39 bits per heavy atom. The molecule has 1 N–H and O–H groups in total. The number of carbonyl (C=O) groups excluding carboxylic acids is 1. The second kappa shape index (κ2) is 5.55. The minimum atomic E-state index is -0.131. The van der Waals surface area contributed by atoms with Gasteiger partial charge in [0.1, 0.15) is 17.3 Å². The molecule has 2 aromatic heterocycles. The summed E-state index contributed by atoms with van der Waals surface area (Å²) in [5.74, 6) is -0.131. The van der Waals surface area contributed by atoms with Gasteiger partial charge >= 0.3 is 0 Å². The number of hydrogen-bond acceptors (Lipinski definition) is 3. The molecule has 1 aromatic carbocycles. The normalized spacial score (nSPS) is 17.2. The van der Waals surface area contributed by atoms with Gasteiger partial charge in [-0.1, -0.05) is 24.3 Å². The molecule has 0 aliphatic carbocycles. The Hall–Kier alpha value is -2.60. The van der Waals surface area contributed by atoms with Crippen LogP contribution in [0.5, 0.6) is 0 Å². The van der Waals surface area contributed by atoms with Crippen molar-refractivity contribution >= 4 is 11.6 Å². The Morgan fingerprint density at radius 3 is 3.17 bits per heavy atom. The van der Waals surface area contributed by atoms with Crippen LogP contribution in [-0.4, -0.2) is 33.2 Å². The fourth-order valence-corrected chi connectivity index (χ4v) is 3.14. The largest absolute Gasteiger partial charge is 0.371 e. The van der Waals surface area contributed by atoms with E-state index in [-0.39, 0.29) is 12.0 Å². The first-order valence-electron chi connectivity index (χ1n) is 7.70. The van der Waals surface area contributed by atoms with E-state index < -0.39 is 0 Å². The van der Waals surface area contributed by atoms with Gasteiger partial charge in [-0.2, -0.15) is 5.10 Å². The van der Waals surface area contributed by atoms with Crippen LogP contribution in [0.3, 0.4) is 0 Å². The Labute approximate surface area is 133 Å². The quantitative estimate of drug-likeness (QED) is 0.801. The number of hydrogen-bond donors (Lipinski definition) is 1. The van der Waals surface area contributed by atoms with E-state index in [2.05, 4.69) is 22.5 Å². The van der Waals surface area contributed by atoms with Gasteiger partial charge in [-0.3, -0.25) is 4.79 Å². The SMILES string of the molecule is Cn1ccn2ncc(C(=O)NC[C@H]3OCCc4ccccc43)c12. The molecule has 6 heteroatoms. The van der Waals surface area contributed by atoms with E-state index in [1.807, 2.05) is 36.1 Å². The van der Waals surface area contributed by atoms with Gasteiger partial charge in [-0.15, -0.1) is 0 Å². The maximum atomic E-state index is 12.5. The second-order valence-electron chi connectivity index (χ2n) is 5.75. The molecule has 0 bridgehead atoms. The monoisotopic (exact) mass is 310 g/mol. The highest BCUT2D eigenvalue weighted by molar-refractivity contribution is 5.99. The van der Waals surface area contributed by atoms with Crippen molar-refractivity contribution in [3.05, 3.63) is 59.5 Å². The van der Waals surface area contributed by atoms with Gasteiger partial charge in [0, 0.05) is 26.0 Å². The fourth-order valence-electron chi connectivity index (χ4n) is 3.14. The summed E-state index contributed by atoms with van der Waals surface area (Å²) in [6, 6.07) is 8.24. The first-order chi connectivity index (χ1) is 11.2. The third-order valence-corrected chi connectivity index (χ3v) is 4.32. The predicted molar refractivity (Wildman–Crippen MR) is 85.3 cm³/mol. The molecule has 4 rings (SSSR count). The first kappa shape index (κ1) is 14.0. The van der Waals surface area contributed by atoms with Crippen molar-refractivity contribution < 1.29 is 9.53 Å². The summed E-state index contributed by atoms with van der Waals surface area (Å²) in [7, 11) is 1.90. The summed E-state index contributed by atoms with van der Waals surface area (Å²) in [6.45, 7) is 1.14. The lowest BCUT2D eigenvalue weighted by atomic mass is 9.97. The molecule has 1 aliphatic heterocycles. The minimum Gasteiger partial charge on any atom is -0.371 e. The van der Waals surface area contributed by atoms with Crippen LogP contribution in [0, 0.1) is 0 Å². The van der Waals surface area contributed by atoms with E-state index in [0.717, 1.165) is 17.6 Å². The van der Waals surface area contributed by atoms with E-state index in [0.29, 0.717) is 18.7 Å². The van der Waals surface area contributed by atoms with E-state index in [1.54, 1.807) is 10.7 Å². The highest BCUT2D eigenvalue weighted by Crippen LogP contribution is 2.26. The van der Waals surface area contributed by atoms with Gasteiger partial charge in [-0.05, 0) is 17.5 Å². The van der Waals surface area contributed by atoms with Gasteiger partial charge in [0.05, 0.1) is 12.8 Å². The molecule has 1 amide bonds. The Kier molecular flexibility index (Phi) is 3.38. The topological polar surface area (TPSA) is 60.6 Å². The van der Waals surface area contributed by atoms with Crippen LogP contribution in [0.4, 0.5) is 0 Å². The van der Waals surface area contributed by atoms with Gasteiger partial charge in [0.15, 0.2) is 0 Å². The lowest BCUT2D eigenvalue weighted by molar-refractivity contribution is 0.0411. The van der Waals surface area contributed by atoms with Crippen molar-refractivity contribution in [2.24, 2.45) is 7.05 Å². The van der Waals surface area contributed by atoms with Crippen molar-refractivity contribution in [1.82, 2.24) is 19.5 Å². The summed E-state index contributed by atoms with van der Waals surface area (Å²) in [5.41, 5.74) is 3.82. The molecule has 23 heavy (non-hydrogen) atoms. The number of aryl methyl sites for hydroxylation is 1. The minimum absolute atomic E-state index is 0.0941. The summed E-state index contributed by atoms with van der Waals surface area (Å²) < 4.78 is 9.41. The van der Waals surface area contributed by atoms with Gasteiger partial charge in [0.2, 0.25) is 0 Å². The van der Waals surface area contributed by atoms with Crippen LogP contribution < -0.4 is 5.32 Å². The fraction of sp³-hybridized carbons (Fsp3) is 0.294. The Bertz CT molecular complexity index is 864. The highest BCUT2D eigenvalue weighted by atomic mass is 16.5. The summed E-state index contributed by atoms with van der Waals surface area (Å²) in [6.07, 6.45) is 6.13. The van der Waals surface area contributed by atoms with Crippen molar-refractivity contribution in [3.8, 4) is 0 Å². The molecule has 0 spiro atoms. The number of aromatic nitrogens is 3. The number of fused-ring (bicyclic) bond motifs is 2. The van der Waals surface area contributed by atoms with E-state index in [1.165, 1.54) is 5.56 Å². The van der Waals surface area contributed by atoms with Crippen molar-refractivity contribution in [2.45, 2.75) is 12.5 Å². The average Bonchev–Trinajstić information content (AvgIpc) is 3.16. The third-order valence-electron chi connectivity index (χ3n) is 4.32. The van der Waals surface area contributed by atoms with Crippen LogP contribution in [0.1, 0.15) is 27.6 Å². The number of amides is 1. The highest BCUT2D eigenvalue weighted by Gasteiger charge is 2.22. The summed E-state index contributed by atoms with van der Waals surface area (Å²) in [4.78, 5) is 12.5. The first-order valence-corrected chi connectivity index (χ1v) is 7.70. The maximum absolute atomic E-state index is 12.5. The summed E-state index contributed by atoms with van der Waals surface area (Å²) in [5, 5.41) is 7.17. The molecule has 3 aromatic rings. The van der Waals surface area contributed by atoms with Crippen LogP contribution in [0.2, 0.25) is 0 Å². The zero-order valence-corrected chi connectivity index (χ0v) is 12.9. The molecule has 1 aliphatic rings. The van der Waals surface area contributed by atoms with E-state index >= 15 is 0 Å². The molecule has 0 saturated carbocycles. The molecular formula is C17H18N4O2. The zero-order valence-electron chi connectivity index (χ0n) is 12.9. The lowest BCUT2D eigenvalue weighted by Crippen LogP contribution is -2.31. The van der Waals surface area contributed by atoms with Crippen LogP contribution in [-0.2, 0) is 18.2 Å². The van der Waals surface area contributed by atoms with Gasteiger partial charge in [-0.25, -0.2) is 4.52 Å². The summed E-state index contributed by atoms with van der Waals surface area (Å²) >= 11 is 0. The number of nitrogens with one attached hydrogen (secondary N) is 1. The number of carbonyl (C=O) groups is 1. The lowest BCUT2D eigenvalue weighted by Gasteiger charge is -2.26. The molecule has 6 nitrogen and oxygen atoms in total. The molecule has 118 valence electrons. The number of rotatable bonds is 3. The van der Waals surface area contributed by atoms with Crippen LogP contribution in [0.15, 0.2) is 42.9 Å². The number of nitrogens with zero attached hydrogens (tertiary/aromatic N) is 3. The number of benzene rings is 1. The molecule has 1 atom stereocenters. The van der Waals surface area contributed by atoms with Crippen LogP contribution in [0.25, 0.3) is 5.65 Å². The van der Waals surface area contributed by atoms with Crippen molar-refractivity contribution in [3.63, 3.8) is 0 Å². The van der Waals surface area contributed by atoms with Gasteiger partial charge in [0.25, 0.3) is 5.91 Å². The van der Waals surface area contributed by atoms with Crippen molar-refractivity contribution in [2.75, 3.05) is 13.2 Å². The van der Waals surface area contributed by atoms with E-state index in [4.69, 9.17) is 4.74 Å². The number of imidazole rings is 1. The Morgan fingerprint density at radius 2 is 2.26 bits per heavy atom. The molecule has 3 heterocycles. The molecule has 0 unspecified atom stereocenters. The Balaban J connectivity index is 1.51. The molecule has 0 radical (unpaired) electrons. The standard InChI is InChI=1S/C17H18N4O2/c1-20-7-8-21-17(20)14(10-19-21)16(22)18-11-15-13-5-3-2-4-12(13)6-9-23-15/h2-5,7-8,10,15H,6,9,11H2,1H3,(H,18,22)/t15-/m1/s1. The molecular weight excluding hydrogens is 292 g/mol. The zero-order chi connectivity index (χ0) is 15.8. The second-order valence-corrected chi connectivity index (χ2v) is 5.75. The smallest absolute Gasteiger partial charge is 0.256 e. The van der Waals surface area contributed by atoms with Gasteiger partial charge < -0.3 is 14.6 Å². The number of ether oxygens (including phenoxy) is 1. The predicted octanol–water partition coefficient (Wildman–Crippen LogP) is 1.72. The van der Waals surface area contributed by atoms with Crippen molar-refractivity contribution in [1.29, 1.82) is 0 Å². The molecule has 0 fully saturated rings. The third kappa shape index (κ3) is 2.41. The average molecular weight is 310 g/mol.